The van der Waals surface area contributed by atoms with Gasteiger partial charge in [-0.3, -0.25) is 0 Å². The van der Waals surface area contributed by atoms with Crippen LogP contribution in [0.4, 0.5) is 5.82 Å². The fraction of sp³-hybridized carbons (Fsp3) is 0.333. The largest absolute Gasteiger partial charge is 0.385 e. The Morgan fingerprint density at radius 2 is 2.00 bits per heavy atom. The minimum absolute atomic E-state index is 0.756. The Labute approximate surface area is 124 Å². The van der Waals surface area contributed by atoms with Crippen LogP contribution in [0, 0.1) is 0 Å². The average molecular weight is 289 g/mol. The third kappa shape index (κ3) is 4.21. The summed E-state index contributed by atoms with van der Waals surface area (Å²) >= 11 is 1.73. The fourth-order valence-corrected chi connectivity index (χ4v) is 2.54. The van der Waals surface area contributed by atoms with E-state index in [-0.39, 0.29) is 0 Å². The molecule has 4 nitrogen and oxygen atoms in total. The van der Waals surface area contributed by atoms with Gasteiger partial charge in [0.05, 0.1) is 0 Å². The monoisotopic (exact) mass is 289 g/mol. The van der Waals surface area contributed by atoms with E-state index in [1.165, 1.54) is 0 Å². The van der Waals surface area contributed by atoms with Crippen LogP contribution in [0.3, 0.4) is 0 Å². The quantitative estimate of drug-likeness (QED) is 0.481. The molecule has 5 heteroatoms. The molecule has 0 saturated carbocycles. The van der Waals surface area contributed by atoms with E-state index in [2.05, 4.69) is 15.3 Å². The van der Waals surface area contributed by atoms with Crippen molar-refractivity contribution in [2.24, 2.45) is 0 Å². The molecule has 1 aromatic carbocycles. The summed E-state index contributed by atoms with van der Waals surface area (Å²) < 4.78 is 5.06. The second kappa shape index (κ2) is 7.87. The molecule has 1 heterocycles. The lowest BCUT2D eigenvalue weighted by atomic mass is 10.2. The predicted molar refractivity (Wildman–Crippen MR) is 84.2 cm³/mol. The van der Waals surface area contributed by atoms with E-state index >= 15 is 0 Å². The molecule has 0 aliphatic carbocycles. The summed E-state index contributed by atoms with van der Waals surface area (Å²) in [7, 11) is 3.60. The molecule has 0 fully saturated rings. The number of hydrogen-bond donors (Lipinski definition) is 1. The highest BCUT2D eigenvalue weighted by Crippen LogP contribution is 2.23. The van der Waals surface area contributed by atoms with E-state index < -0.39 is 0 Å². The Morgan fingerprint density at radius 1 is 1.20 bits per heavy atom. The molecule has 0 amide bonds. The lowest BCUT2D eigenvalue weighted by Gasteiger charge is -2.07. The van der Waals surface area contributed by atoms with Crippen LogP contribution in [0.1, 0.15) is 6.42 Å². The van der Waals surface area contributed by atoms with Crippen molar-refractivity contribution in [3.63, 3.8) is 0 Å². The Morgan fingerprint density at radius 3 is 2.70 bits per heavy atom. The predicted octanol–water partition coefficient (Wildman–Crippen LogP) is 3.31. The van der Waals surface area contributed by atoms with Crippen molar-refractivity contribution < 1.29 is 4.74 Å². The number of nitrogens with zero attached hydrogens (tertiary/aromatic N) is 2. The topological polar surface area (TPSA) is 47.0 Å². The molecule has 1 aromatic heterocycles. The summed E-state index contributed by atoms with van der Waals surface area (Å²) in [6.45, 7) is 0.780. The van der Waals surface area contributed by atoms with Gasteiger partial charge in [-0.1, -0.05) is 30.3 Å². The molecule has 0 bridgehead atoms. The minimum atomic E-state index is 0.756. The molecule has 0 spiro atoms. The zero-order valence-corrected chi connectivity index (χ0v) is 12.6. The smallest absolute Gasteiger partial charge is 0.162 e. The maximum atomic E-state index is 5.06. The zero-order valence-electron chi connectivity index (χ0n) is 11.8. The van der Waals surface area contributed by atoms with E-state index in [4.69, 9.17) is 4.74 Å². The second-order valence-electron chi connectivity index (χ2n) is 4.23. The van der Waals surface area contributed by atoms with E-state index in [1.54, 1.807) is 18.9 Å². The van der Waals surface area contributed by atoms with Crippen LogP contribution in [0.25, 0.3) is 11.4 Å². The average Bonchev–Trinajstić information content (AvgIpc) is 2.52. The van der Waals surface area contributed by atoms with Crippen molar-refractivity contribution in [3.8, 4) is 11.4 Å². The number of hydrogen-bond acceptors (Lipinski definition) is 5. The van der Waals surface area contributed by atoms with E-state index in [0.29, 0.717) is 0 Å². The third-order valence-corrected chi connectivity index (χ3v) is 3.73. The Hall–Kier alpha value is -1.59. The molecule has 2 rings (SSSR count). The molecule has 0 aliphatic rings. The fourth-order valence-electron chi connectivity index (χ4n) is 1.72. The van der Waals surface area contributed by atoms with Crippen molar-refractivity contribution in [3.05, 3.63) is 36.4 Å². The summed E-state index contributed by atoms with van der Waals surface area (Å²) in [6.07, 6.45) is 1.01. The first kappa shape index (κ1) is 14.8. The Balaban J connectivity index is 2.16. The summed E-state index contributed by atoms with van der Waals surface area (Å²) in [5.41, 5.74) is 1.03. The van der Waals surface area contributed by atoms with Crippen molar-refractivity contribution in [2.45, 2.75) is 11.4 Å². The SMILES string of the molecule is CNc1cc(SCCCOC)nc(-c2ccccc2)n1. The van der Waals surface area contributed by atoms with Gasteiger partial charge in [0, 0.05) is 38.1 Å². The zero-order chi connectivity index (χ0) is 14.2. The van der Waals surface area contributed by atoms with Crippen molar-refractivity contribution in [1.29, 1.82) is 0 Å². The van der Waals surface area contributed by atoms with Gasteiger partial charge in [0.1, 0.15) is 10.8 Å². The maximum Gasteiger partial charge on any atom is 0.162 e. The first-order valence-corrected chi connectivity index (χ1v) is 7.56. The highest BCUT2D eigenvalue weighted by molar-refractivity contribution is 7.99. The number of methoxy groups -OCH3 is 1. The highest BCUT2D eigenvalue weighted by Gasteiger charge is 2.06. The first-order chi connectivity index (χ1) is 9.83. The number of rotatable bonds is 7. The molecule has 0 saturated heterocycles. The molecular formula is C15H19N3OS. The van der Waals surface area contributed by atoms with Crippen LogP contribution in [0.2, 0.25) is 0 Å². The van der Waals surface area contributed by atoms with Gasteiger partial charge >= 0.3 is 0 Å². The number of anilines is 1. The van der Waals surface area contributed by atoms with Gasteiger partial charge in [0.25, 0.3) is 0 Å². The lowest BCUT2D eigenvalue weighted by molar-refractivity contribution is 0.200. The third-order valence-electron chi connectivity index (χ3n) is 2.73. The lowest BCUT2D eigenvalue weighted by Crippen LogP contribution is -1.99. The van der Waals surface area contributed by atoms with Crippen LogP contribution in [0.15, 0.2) is 41.4 Å². The standard InChI is InChI=1S/C15H19N3OS/c1-16-13-11-14(20-10-6-9-19-2)18-15(17-13)12-7-4-3-5-8-12/h3-5,7-8,11H,6,9-10H2,1-2H3,(H,16,17,18). The highest BCUT2D eigenvalue weighted by atomic mass is 32.2. The van der Waals surface area contributed by atoms with E-state index in [0.717, 1.165) is 41.0 Å². The number of nitrogens with one attached hydrogen (secondary N) is 1. The van der Waals surface area contributed by atoms with Gasteiger partial charge < -0.3 is 10.1 Å². The van der Waals surface area contributed by atoms with Gasteiger partial charge in [-0.2, -0.15) is 0 Å². The van der Waals surface area contributed by atoms with Crippen molar-refractivity contribution in [1.82, 2.24) is 9.97 Å². The Kier molecular flexibility index (Phi) is 5.83. The molecule has 0 unspecified atom stereocenters. The number of benzene rings is 1. The van der Waals surface area contributed by atoms with E-state index in [1.807, 2.05) is 43.4 Å². The van der Waals surface area contributed by atoms with Crippen LogP contribution >= 0.6 is 11.8 Å². The molecule has 2 aromatic rings. The number of thioether (sulfide) groups is 1. The second-order valence-corrected chi connectivity index (χ2v) is 5.34. The molecule has 106 valence electrons. The summed E-state index contributed by atoms with van der Waals surface area (Å²) in [5.74, 6) is 2.59. The summed E-state index contributed by atoms with van der Waals surface area (Å²) in [4.78, 5) is 9.13. The van der Waals surface area contributed by atoms with Gasteiger partial charge in [0.15, 0.2) is 5.82 Å². The van der Waals surface area contributed by atoms with Crippen LogP contribution in [-0.4, -0.2) is 36.5 Å². The maximum absolute atomic E-state index is 5.06. The van der Waals surface area contributed by atoms with Crippen molar-refractivity contribution >= 4 is 17.6 Å². The van der Waals surface area contributed by atoms with E-state index in [9.17, 15) is 0 Å². The molecular weight excluding hydrogens is 270 g/mol. The molecule has 0 aliphatic heterocycles. The van der Waals surface area contributed by atoms with Crippen LogP contribution in [0.5, 0.6) is 0 Å². The Bertz CT molecular complexity index is 534. The summed E-state index contributed by atoms with van der Waals surface area (Å²) in [5, 5.41) is 4.08. The molecule has 1 N–H and O–H groups in total. The minimum Gasteiger partial charge on any atom is -0.385 e. The molecule has 20 heavy (non-hydrogen) atoms. The summed E-state index contributed by atoms with van der Waals surface area (Å²) in [6, 6.07) is 12.0. The normalized spacial score (nSPS) is 10.5. The van der Waals surface area contributed by atoms with Crippen molar-refractivity contribution in [2.75, 3.05) is 31.8 Å². The van der Waals surface area contributed by atoms with Gasteiger partial charge in [0.2, 0.25) is 0 Å². The van der Waals surface area contributed by atoms with Gasteiger partial charge in [-0.25, -0.2) is 9.97 Å². The van der Waals surface area contributed by atoms with Crippen LogP contribution in [-0.2, 0) is 4.74 Å². The molecule has 0 atom stereocenters. The van der Waals surface area contributed by atoms with Gasteiger partial charge in [-0.05, 0) is 6.42 Å². The van der Waals surface area contributed by atoms with Gasteiger partial charge in [-0.15, -0.1) is 11.8 Å². The number of aromatic nitrogens is 2. The number of ether oxygens (including phenoxy) is 1. The molecule has 0 radical (unpaired) electrons. The first-order valence-electron chi connectivity index (χ1n) is 6.57. The van der Waals surface area contributed by atoms with Crippen LogP contribution < -0.4 is 5.32 Å².